The molecule has 0 radical (unpaired) electrons. The summed E-state index contributed by atoms with van der Waals surface area (Å²) in [5.41, 5.74) is 0.863. The van der Waals surface area contributed by atoms with Crippen LogP contribution < -0.4 is 0 Å². The average molecular weight is 233 g/mol. The smallest absolute Gasteiger partial charge is 0.0811 e. The minimum absolute atomic E-state index is 0. The summed E-state index contributed by atoms with van der Waals surface area (Å²) in [6.45, 7) is 0.0239. The molecule has 0 aromatic heterocycles. The van der Waals surface area contributed by atoms with Crippen molar-refractivity contribution in [3.05, 3.63) is 35.9 Å². The van der Waals surface area contributed by atoms with E-state index in [-0.39, 0.29) is 23.6 Å². The van der Waals surface area contributed by atoms with E-state index in [9.17, 15) is 5.11 Å². The number of benzene rings is 1. The highest BCUT2D eigenvalue weighted by atomic mass is 79.9. The van der Waals surface area contributed by atoms with Crippen LogP contribution in [0, 0.1) is 0 Å². The van der Waals surface area contributed by atoms with Crippen LogP contribution in [0.2, 0.25) is 0 Å². The molecule has 68 valence electrons. The first-order chi connectivity index (χ1) is 5.34. The van der Waals surface area contributed by atoms with Gasteiger partial charge in [-0.2, -0.15) is 0 Å². The molecule has 2 N–H and O–H groups in total. The van der Waals surface area contributed by atoms with Crippen LogP contribution in [0.25, 0.3) is 0 Å². The molecule has 0 spiro atoms. The zero-order chi connectivity index (χ0) is 8.10. The molecule has 3 heteroatoms. The van der Waals surface area contributed by atoms with Gasteiger partial charge in [-0.15, -0.1) is 17.0 Å². The molecule has 0 bridgehead atoms. The molecule has 1 aromatic carbocycles. The fourth-order valence-corrected chi connectivity index (χ4v) is 0.964. The summed E-state index contributed by atoms with van der Waals surface area (Å²) in [4.78, 5) is 0. The van der Waals surface area contributed by atoms with Gasteiger partial charge in [0.1, 0.15) is 0 Å². The van der Waals surface area contributed by atoms with Crippen LogP contribution in [0.15, 0.2) is 30.3 Å². The number of aliphatic hydroxyl groups is 2. The summed E-state index contributed by atoms with van der Waals surface area (Å²) in [6, 6.07) is 9.33. The van der Waals surface area contributed by atoms with Gasteiger partial charge >= 0.3 is 0 Å². The van der Waals surface area contributed by atoms with Crippen molar-refractivity contribution in [3.63, 3.8) is 0 Å². The van der Waals surface area contributed by atoms with Crippen LogP contribution in [0.3, 0.4) is 0 Å². The summed E-state index contributed by atoms with van der Waals surface area (Å²) >= 11 is 0. The lowest BCUT2D eigenvalue weighted by atomic mass is 10.1. The Morgan fingerprint density at radius 2 is 1.75 bits per heavy atom. The number of hydrogen-bond acceptors (Lipinski definition) is 2. The Morgan fingerprint density at radius 1 is 1.17 bits per heavy atom. The molecule has 2 nitrogen and oxygen atoms in total. The largest absolute Gasteiger partial charge is 0.396 e. The van der Waals surface area contributed by atoms with E-state index >= 15 is 0 Å². The third kappa shape index (κ3) is 3.34. The highest BCUT2D eigenvalue weighted by Crippen LogP contribution is 2.14. The molecule has 0 saturated carbocycles. The molecule has 1 atom stereocenters. The predicted molar refractivity (Wildman–Crippen MR) is 53.4 cm³/mol. The van der Waals surface area contributed by atoms with E-state index in [1.165, 1.54) is 0 Å². The predicted octanol–water partition coefficient (Wildman–Crippen LogP) is 1.68. The van der Waals surface area contributed by atoms with Gasteiger partial charge in [0, 0.05) is 13.0 Å². The van der Waals surface area contributed by atoms with E-state index in [1.807, 2.05) is 30.3 Å². The summed E-state index contributed by atoms with van der Waals surface area (Å²) in [7, 11) is 0. The monoisotopic (exact) mass is 232 g/mol. The minimum Gasteiger partial charge on any atom is -0.396 e. The molecule has 0 heterocycles. The number of aliphatic hydroxyl groups excluding tert-OH is 2. The fourth-order valence-electron chi connectivity index (χ4n) is 0.964. The van der Waals surface area contributed by atoms with Gasteiger partial charge in [0.15, 0.2) is 0 Å². The molecule has 1 unspecified atom stereocenters. The summed E-state index contributed by atoms with van der Waals surface area (Å²) in [6.07, 6.45) is -0.120. The van der Waals surface area contributed by atoms with E-state index in [2.05, 4.69) is 0 Å². The molecule has 0 aliphatic rings. The Hall–Kier alpha value is -0.380. The number of rotatable bonds is 3. The standard InChI is InChI=1S/C9H12O2.BrH/c10-7-6-9(11)8-4-2-1-3-5-8;/h1-5,9-11H,6-7H2;1H. The second kappa shape index (κ2) is 6.17. The minimum atomic E-state index is -0.527. The van der Waals surface area contributed by atoms with Gasteiger partial charge in [-0.05, 0) is 5.56 Å². The molecule has 0 amide bonds. The normalized spacial score (nSPS) is 11.8. The second-order valence-corrected chi connectivity index (χ2v) is 2.44. The molecule has 0 aliphatic carbocycles. The molecule has 1 rings (SSSR count). The second-order valence-electron chi connectivity index (χ2n) is 2.44. The highest BCUT2D eigenvalue weighted by molar-refractivity contribution is 8.93. The van der Waals surface area contributed by atoms with Gasteiger partial charge in [0.05, 0.1) is 6.10 Å². The Morgan fingerprint density at radius 3 is 2.25 bits per heavy atom. The number of halogens is 1. The Kier molecular flexibility index (Phi) is 5.98. The third-order valence-corrected chi connectivity index (χ3v) is 1.59. The molecule has 0 aliphatic heterocycles. The first-order valence-electron chi connectivity index (χ1n) is 3.68. The van der Waals surface area contributed by atoms with Gasteiger partial charge in [-0.3, -0.25) is 0 Å². The lowest BCUT2D eigenvalue weighted by Gasteiger charge is -2.07. The van der Waals surface area contributed by atoms with Gasteiger partial charge in [0.25, 0.3) is 0 Å². The highest BCUT2D eigenvalue weighted by Gasteiger charge is 2.03. The van der Waals surface area contributed by atoms with Crippen molar-refractivity contribution in [1.29, 1.82) is 0 Å². The van der Waals surface area contributed by atoms with Crippen LogP contribution in [0.5, 0.6) is 0 Å². The van der Waals surface area contributed by atoms with E-state index in [0.29, 0.717) is 6.42 Å². The van der Waals surface area contributed by atoms with Crippen molar-refractivity contribution < 1.29 is 10.2 Å². The summed E-state index contributed by atoms with van der Waals surface area (Å²) in [5, 5.41) is 17.9. The lowest BCUT2D eigenvalue weighted by Crippen LogP contribution is -1.99. The van der Waals surface area contributed by atoms with Crippen molar-refractivity contribution in [2.75, 3.05) is 6.61 Å². The van der Waals surface area contributed by atoms with E-state index < -0.39 is 6.10 Å². The zero-order valence-corrected chi connectivity index (χ0v) is 8.39. The van der Waals surface area contributed by atoms with Crippen molar-refractivity contribution >= 4 is 17.0 Å². The third-order valence-electron chi connectivity index (χ3n) is 1.59. The molecule has 0 fully saturated rings. The van der Waals surface area contributed by atoms with Crippen LogP contribution in [0.1, 0.15) is 18.1 Å². The first kappa shape index (κ1) is 11.6. The first-order valence-corrected chi connectivity index (χ1v) is 3.68. The average Bonchev–Trinajstić information content (AvgIpc) is 2.07. The van der Waals surface area contributed by atoms with Gasteiger partial charge in [-0.25, -0.2) is 0 Å². The summed E-state index contributed by atoms with van der Waals surface area (Å²) < 4.78 is 0. The van der Waals surface area contributed by atoms with E-state index in [4.69, 9.17) is 5.11 Å². The van der Waals surface area contributed by atoms with Crippen molar-refractivity contribution in [2.45, 2.75) is 12.5 Å². The zero-order valence-electron chi connectivity index (χ0n) is 6.68. The Bertz CT molecular complexity index is 201. The lowest BCUT2D eigenvalue weighted by molar-refractivity contribution is 0.134. The molecule has 1 aromatic rings. The topological polar surface area (TPSA) is 40.5 Å². The van der Waals surface area contributed by atoms with Gasteiger partial charge in [-0.1, -0.05) is 30.3 Å². The summed E-state index contributed by atoms with van der Waals surface area (Å²) in [5.74, 6) is 0. The Balaban J connectivity index is 0.00000121. The van der Waals surface area contributed by atoms with E-state index in [1.54, 1.807) is 0 Å². The Labute approximate surface area is 82.6 Å². The quantitative estimate of drug-likeness (QED) is 0.833. The van der Waals surface area contributed by atoms with Gasteiger partial charge in [0.2, 0.25) is 0 Å². The van der Waals surface area contributed by atoms with E-state index in [0.717, 1.165) is 5.56 Å². The van der Waals surface area contributed by atoms with Crippen LogP contribution in [-0.4, -0.2) is 16.8 Å². The number of hydrogen-bond donors (Lipinski definition) is 2. The molecular weight excluding hydrogens is 220 g/mol. The van der Waals surface area contributed by atoms with Gasteiger partial charge < -0.3 is 10.2 Å². The molecular formula is C9H13BrO2. The maximum absolute atomic E-state index is 9.36. The van der Waals surface area contributed by atoms with Crippen molar-refractivity contribution in [1.82, 2.24) is 0 Å². The fraction of sp³-hybridized carbons (Fsp3) is 0.333. The molecule has 0 saturated heterocycles. The SMILES string of the molecule is Br.OCCC(O)c1ccccc1. The maximum atomic E-state index is 9.36. The van der Waals surface area contributed by atoms with Crippen LogP contribution in [0.4, 0.5) is 0 Å². The van der Waals surface area contributed by atoms with Crippen LogP contribution >= 0.6 is 17.0 Å². The molecule has 12 heavy (non-hydrogen) atoms. The van der Waals surface area contributed by atoms with Crippen LogP contribution in [-0.2, 0) is 0 Å². The van der Waals surface area contributed by atoms with Crippen molar-refractivity contribution in [2.24, 2.45) is 0 Å². The maximum Gasteiger partial charge on any atom is 0.0811 e. The van der Waals surface area contributed by atoms with Crippen molar-refractivity contribution in [3.8, 4) is 0 Å².